The Hall–Kier alpha value is -4.13. The number of nitrogens with one attached hydrogen (secondary N) is 1. The van der Waals surface area contributed by atoms with E-state index in [0.29, 0.717) is 30.7 Å². The molecule has 4 rings (SSSR count). The molecule has 0 spiro atoms. The highest BCUT2D eigenvalue weighted by Crippen LogP contribution is 2.46. The number of esters is 1. The maximum absolute atomic E-state index is 13.6. The zero-order chi connectivity index (χ0) is 27.3. The van der Waals surface area contributed by atoms with Gasteiger partial charge in [0, 0.05) is 6.54 Å². The van der Waals surface area contributed by atoms with Crippen molar-refractivity contribution in [3.05, 3.63) is 102 Å². The molecule has 1 aliphatic rings. The summed E-state index contributed by atoms with van der Waals surface area (Å²) in [5, 5.41) is 2.84. The molecule has 1 aliphatic heterocycles. The molecule has 38 heavy (non-hydrogen) atoms. The Morgan fingerprint density at radius 2 is 1.47 bits per heavy atom. The molecule has 1 fully saturated rings. The van der Waals surface area contributed by atoms with Crippen LogP contribution in [0.25, 0.3) is 0 Å². The molecule has 0 aliphatic carbocycles. The number of rotatable bonds is 8. The maximum atomic E-state index is 13.6. The minimum Gasteiger partial charge on any atom is -0.469 e. The molecule has 1 N–H and O–H groups in total. The average molecular weight is 515 g/mol. The molecule has 7 nitrogen and oxygen atoms in total. The Labute approximate surface area is 223 Å². The van der Waals surface area contributed by atoms with Crippen molar-refractivity contribution in [3.63, 3.8) is 0 Å². The lowest BCUT2D eigenvalue weighted by atomic mass is 9.69. The van der Waals surface area contributed by atoms with E-state index in [1.165, 1.54) is 0 Å². The first-order valence-electron chi connectivity index (χ1n) is 12.8. The highest BCUT2D eigenvalue weighted by atomic mass is 16.6. The lowest BCUT2D eigenvalue weighted by Gasteiger charge is -2.53. The fraction of sp³-hybridized carbons (Fsp3) is 0.323. The van der Waals surface area contributed by atoms with E-state index in [4.69, 9.17) is 9.47 Å². The number of carbonyl (C=O) groups is 3. The summed E-state index contributed by atoms with van der Waals surface area (Å²) in [6, 6.07) is 25.3. The van der Waals surface area contributed by atoms with E-state index in [-0.39, 0.29) is 5.91 Å². The van der Waals surface area contributed by atoms with Gasteiger partial charge in [0.15, 0.2) is 6.23 Å². The summed E-state index contributed by atoms with van der Waals surface area (Å²) in [7, 11) is 0. The second-order valence-electron chi connectivity index (χ2n) is 10.5. The largest absolute Gasteiger partial charge is 0.469 e. The minimum atomic E-state index is -0.907. The predicted octanol–water partition coefficient (Wildman–Crippen LogP) is 5.74. The number of β-lactam (4-membered cyclic amide) rings is 1. The Balaban J connectivity index is 1.56. The molecule has 7 heteroatoms. The normalized spacial score (nSPS) is 18.9. The molecular weight excluding hydrogens is 480 g/mol. The Bertz CT molecular complexity index is 1270. The van der Waals surface area contributed by atoms with E-state index in [2.05, 4.69) is 5.32 Å². The van der Waals surface area contributed by atoms with Gasteiger partial charge < -0.3 is 14.8 Å². The van der Waals surface area contributed by atoms with Crippen LogP contribution in [0.1, 0.15) is 55.6 Å². The predicted molar refractivity (Wildman–Crippen MR) is 144 cm³/mol. The van der Waals surface area contributed by atoms with Crippen molar-refractivity contribution in [2.45, 2.75) is 58.9 Å². The number of hydrogen-bond acceptors (Lipinski definition) is 5. The van der Waals surface area contributed by atoms with Crippen LogP contribution < -0.4 is 10.1 Å². The van der Waals surface area contributed by atoms with Gasteiger partial charge in [-0.3, -0.25) is 4.79 Å². The summed E-state index contributed by atoms with van der Waals surface area (Å²) in [6.07, 6.45) is 0.110. The number of hydrogen-bond donors (Lipinski definition) is 1. The number of carbonyl (C=O) groups excluding carboxylic acids is 3. The molecule has 2 atom stereocenters. The SMILES string of the molecule is CC[C@]1(Cc2ccccc2)C(=O)N(C(=O)NCc2ccccc2)[C@H]1Oc1ccc(C(=O)OC(C)(C)C)cc1. The van der Waals surface area contributed by atoms with E-state index < -0.39 is 29.2 Å². The fourth-order valence-electron chi connectivity index (χ4n) is 4.57. The zero-order valence-electron chi connectivity index (χ0n) is 22.3. The van der Waals surface area contributed by atoms with Crippen molar-refractivity contribution in [2.24, 2.45) is 5.41 Å². The van der Waals surface area contributed by atoms with Crippen molar-refractivity contribution < 1.29 is 23.9 Å². The summed E-state index contributed by atoms with van der Waals surface area (Å²) < 4.78 is 11.7. The summed E-state index contributed by atoms with van der Waals surface area (Å²) >= 11 is 0. The fourth-order valence-corrected chi connectivity index (χ4v) is 4.57. The van der Waals surface area contributed by atoms with Gasteiger partial charge in [0.1, 0.15) is 16.8 Å². The van der Waals surface area contributed by atoms with Crippen molar-refractivity contribution in [1.82, 2.24) is 10.2 Å². The van der Waals surface area contributed by atoms with Crippen LogP contribution in [0.2, 0.25) is 0 Å². The lowest BCUT2D eigenvalue weighted by Crippen LogP contribution is -2.74. The second-order valence-corrected chi connectivity index (χ2v) is 10.5. The molecule has 0 radical (unpaired) electrons. The van der Waals surface area contributed by atoms with Gasteiger partial charge in [-0.15, -0.1) is 0 Å². The maximum Gasteiger partial charge on any atom is 0.338 e. The second kappa shape index (κ2) is 11.1. The van der Waals surface area contributed by atoms with Crippen molar-refractivity contribution in [3.8, 4) is 5.75 Å². The van der Waals surface area contributed by atoms with Gasteiger partial charge >= 0.3 is 12.0 Å². The van der Waals surface area contributed by atoms with E-state index in [0.717, 1.165) is 16.0 Å². The van der Waals surface area contributed by atoms with Crippen molar-refractivity contribution >= 4 is 17.9 Å². The summed E-state index contributed by atoms with van der Waals surface area (Å²) in [6.45, 7) is 7.65. The molecule has 0 saturated carbocycles. The zero-order valence-corrected chi connectivity index (χ0v) is 22.3. The third-order valence-electron chi connectivity index (χ3n) is 6.59. The highest BCUT2D eigenvalue weighted by molar-refractivity contribution is 6.03. The monoisotopic (exact) mass is 514 g/mol. The Morgan fingerprint density at radius 1 is 0.895 bits per heavy atom. The number of ether oxygens (including phenoxy) is 2. The van der Waals surface area contributed by atoms with Crippen LogP contribution in [-0.2, 0) is 22.5 Å². The third kappa shape index (κ3) is 5.88. The third-order valence-corrected chi connectivity index (χ3v) is 6.59. The molecule has 1 saturated heterocycles. The molecule has 0 bridgehead atoms. The Kier molecular flexibility index (Phi) is 7.86. The van der Waals surface area contributed by atoms with Gasteiger partial charge in [0.05, 0.1) is 5.56 Å². The van der Waals surface area contributed by atoms with Crippen LogP contribution >= 0.6 is 0 Å². The number of likely N-dealkylation sites (tertiary alicyclic amines) is 1. The molecule has 1 heterocycles. The van der Waals surface area contributed by atoms with Crippen LogP contribution in [0.5, 0.6) is 5.75 Å². The minimum absolute atomic E-state index is 0.273. The summed E-state index contributed by atoms with van der Waals surface area (Å²) in [5.74, 6) is -0.261. The number of urea groups is 1. The van der Waals surface area contributed by atoms with Gasteiger partial charge in [-0.1, -0.05) is 67.6 Å². The summed E-state index contributed by atoms with van der Waals surface area (Å²) in [5.41, 5.74) is 0.788. The highest BCUT2D eigenvalue weighted by Gasteiger charge is 2.63. The lowest BCUT2D eigenvalue weighted by molar-refractivity contribution is -0.190. The summed E-state index contributed by atoms with van der Waals surface area (Å²) in [4.78, 5) is 40.3. The van der Waals surface area contributed by atoms with Gasteiger partial charge in [-0.05, 0) is 69.0 Å². The van der Waals surface area contributed by atoms with Crippen LogP contribution in [0.4, 0.5) is 4.79 Å². The van der Waals surface area contributed by atoms with E-state index in [1.54, 1.807) is 24.3 Å². The van der Waals surface area contributed by atoms with Gasteiger partial charge in [0.25, 0.3) is 0 Å². The van der Waals surface area contributed by atoms with Gasteiger partial charge in [-0.25, -0.2) is 14.5 Å². The number of benzene rings is 3. The average Bonchev–Trinajstić information content (AvgIpc) is 2.91. The van der Waals surface area contributed by atoms with E-state index >= 15 is 0 Å². The standard InChI is InChI=1S/C31H34N2O5/c1-5-31(20-22-12-8-6-9-13-22)27(35)33(29(36)32-21-23-14-10-7-11-15-23)28(31)37-25-18-16-24(17-19-25)26(34)38-30(2,3)4/h6-19,28H,5,20-21H2,1-4H3,(H,32,36)/t28-,31-/m0/s1. The Morgan fingerprint density at radius 3 is 2.03 bits per heavy atom. The number of nitrogens with zero attached hydrogens (tertiary/aromatic N) is 1. The van der Waals surface area contributed by atoms with Crippen LogP contribution in [-0.4, -0.2) is 34.6 Å². The van der Waals surface area contributed by atoms with Gasteiger partial charge in [0.2, 0.25) is 5.91 Å². The topological polar surface area (TPSA) is 84.9 Å². The van der Waals surface area contributed by atoms with Crippen LogP contribution in [0.15, 0.2) is 84.9 Å². The quantitative estimate of drug-likeness (QED) is 0.306. The van der Waals surface area contributed by atoms with E-state index in [9.17, 15) is 14.4 Å². The molecule has 3 aromatic rings. The number of amides is 3. The molecule has 198 valence electrons. The first-order chi connectivity index (χ1) is 18.1. The van der Waals surface area contributed by atoms with Crippen molar-refractivity contribution in [1.29, 1.82) is 0 Å². The van der Waals surface area contributed by atoms with E-state index in [1.807, 2.05) is 88.4 Å². The molecule has 3 aromatic carbocycles. The number of imide groups is 1. The first kappa shape index (κ1) is 26.9. The molecular formula is C31H34N2O5. The molecule has 0 unspecified atom stereocenters. The van der Waals surface area contributed by atoms with Crippen molar-refractivity contribution in [2.75, 3.05) is 0 Å². The molecule has 0 aromatic heterocycles. The van der Waals surface area contributed by atoms with Crippen LogP contribution in [0.3, 0.4) is 0 Å². The van der Waals surface area contributed by atoms with Gasteiger partial charge in [-0.2, -0.15) is 0 Å². The molecule has 3 amide bonds. The smallest absolute Gasteiger partial charge is 0.338 e. The van der Waals surface area contributed by atoms with Crippen LogP contribution in [0, 0.1) is 5.41 Å². The first-order valence-corrected chi connectivity index (χ1v) is 12.8.